The summed E-state index contributed by atoms with van der Waals surface area (Å²) < 4.78 is 26.7. The van der Waals surface area contributed by atoms with E-state index in [-0.39, 0.29) is 48.3 Å². The van der Waals surface area contributed by atoms with Crippen molar-refractivity contribution in [1.29, 1.82) is 0 Å². The van der Waals surface area contributed by atoms with Gasteiger partial charge in [0.15, 0.2) is 23.5 Å². The molecule has 0 spiro atoms. The third-order valence-corrected chi connectivity index (χ3v) is 11.2. The van der Waals surface area contributed by atoms with E-state index in [9.17, 15) is 29.9 Å². The van der Waals surface area contributed by atoms with Crippen molar-refractivity contribution in [2.45, 2.75) is 78.3 Å². The molecule has 10 atom stereocenters. The number of carboxylic acids is 1. The Morgan fingerprint density at radius 3 is 2.62 bits per heavy atom. The average molecular weight is 544 g/mol. The highest BCUT2D eigenvalue weighted by Crippen LogP contribution is 2.69. The summed E-state index contributed by atoms with van der Waals surface area (Å²) in [5, 5.41) is 43.3. The lowest BCUT2D eigenvalue weighted by atomic mass is 9.41. The number of carbonyl (C=O) groups is 2. The highest BCUT2D eigenvalue weighted by molar-refractivity contribution is 6.61. The maximum atomic E-state index is 15.5. The number of halogens is 1. The Morgan fingerprint density at radius 2 is 1.97 bits per heavy atom. The Bertz CT molecular complexity index is 1210. The number of carbonyl (C=O) groups excluding carboxylic acids is 1. The van der Waals surface area contributed by atoms with Crippen LogP contribution in [0.3, 0.4) is 0 Å². The molecule has 3 saturated carbocycles. The van der Waals surface area contributed by atoms with Crippen molar-refractivity contribution in [3.8, 4) is 5.75 Å². The van der Waals surface area contributed by atoms with Gasteiger partial charge in [0.1, 0.15) is 6.10 Å². The van der Waals surface area contributed by atoms with Gasteiger partial charge in [-0.15, -0.1) is 6.58 Å². The molecule has 0 amide bonds. The maximum absolute atomic E-state index is 15.5. The van der Waals surface area contributed by atoms with Crippen molar-refractivity contribution in [2.75, 3.05) is 0 Å². The fourth-order valence-electron chi connectivity index (χ4n) is 8.69. The highest BCUT2D eigenvalue weighted by atomic mass is 19.1. The van der Waals surface area contributed by atoms with Crippen LogP contribution in [0.2, 0.25) is 0 Å². The van der Waals surface area contributed by atoms with E-state index in [1.165, 1.54) is 12.1 Å². The summed E-state index contributed by atoms with van der Waals surface area (Å²) in [7, 11) is -1.48. The lowest BCUT2D eigenvalue weighted by Crippen LogP contribution is -2.63. The highest BCUT2D eigenvalue weighted by Gasteiger charge is 2.70. The van der Waals surface area contributed by atoms with Crippen LogP contribution in [-0.4, -0.2) is 57.5 Å². The number of ether oxygens (including phenoxy) is 1. The third-order valence-electron chi connectivity index (χ3n) is 11.2. The number of fused-ring (bicyclic) bond motifs is 1. The van der Waals surface area contributed by atoms with Gasteiger partial charge >= 0.3 is 13.1 Å². The molecule has 10 heteroatoms. The van der Waals surface area contributed by atoms with Crippen LogP contribution in [-0.2, 0) is 20.9 Å². The van der Waals surface area contributed by atoms with Crippen molar-refractivity contribution >= 4 is 24.3 Å². The van der Waals surface area contributed by atoms with Crippen LogP contribution in [0.1, 0.15) is 58.9 Å². The van der Waals surface area contributed by atoms with Crippen LogP contribution in [0.15, 0.2) is 24.8 Å². The normalized spacial score (nSPS) is 42.3. The molecule has 1 aromatic rings. The molecule has 1 heterocycles. The molecular weight excluding hydrogens is 506 g/mol. The Balaban J connectivity index is 1.69. The first-order valence-electron chi connectivity index (χ1n) is 13.8. The van der Waals surface area contributed by atoms with Crippen LogP contribution in [0.5, 0.6) is 5.75 Å². The summed E-state index contributed by atoms with van der Waals surface area (Å²) in [6, 6.07) is 2.87. The maximum Gasteiger partial charge on any atom is 0.494 e. The molecule has 1 aliphatic heterocycles. The Labute approximate surface area is 228 Å². The number of ketones is 1. The van der Waals surface area contributed by atoms with Gasteiger partial charge in [0.05, 0.1) is 12.7 Å². The molecule has 2 bridgehead atoms. The second kappa shape index (κ2) is 9.40. The molecule has 5 rings (SSSR count). The summed E-state index contributed by atoms with van der Waals surface area (Å²) in [5.74, 6) is -4.95. The van der Waals surface area contributed by atoms with Gasteiger partial charge in [-0.3, -0.25) is 4.79 Å². The van der Waals surface area contributed by atoms with Crippen molar-refractivity contribution in [2.24, 2.45) is 39.9 Å². The number of hydrogen-bond donors (Lipinski definition) is 4. The van der Waals surface area contributed by atoms with Crippen LogP contribution in [0, 0.1) is 45.7 Å². The van der Waals surface area contributed by atoms with E-state index in [0.717, 1.165) is 0 Å². The second-order valence-electron chi connectivity index (χ2n) is 12.8. The molecule has 0 saturated heterocycles. The van der Waals surface area contributed by atoms with E-state index < -0.39 is 65.3 Å². The summed E-state index contributed by atoms with van der Waals surface area (Å²) in [6.07, 6.45) is -0.513. The summed E-state index contributed by atoms with van der Waals surface area (Å²) >= 11 is 0. The number of benzene rings is 1. The zero-order valence-corrected chi connectivity index (χ0v) is 22.9. The number of aliphatic hydroxyl groups is 2. The molecule has 1 unspecified atom stereocenters. The topological polar surface area (TPSA) is 134 Å². The molecule has 3 aliphatic carbocycles. The zero-order chi connectivity index (χ0) is 28.7. The first-order chi connectivity index (χ1) is 18.2. The number of hydrogen-bond acceptors (Lipinski definition) is 7. The molecule has 39 heavy (non-hydrogen) atoms. The van der Waals surface area contributed by atoms with Crippen molar-refractivity contribution in [1.82, 2.24) is 0 Å². The number of carboxylic acid groups (broad SMARTS) is 1. The van der Waals surface area contributed by atoms with Gasteiger partial charge in [-0.25, -0.2) is 9.18 Å². The molecular formula is C29H38BFO8. The largest absolute Gasteiger partial charge is 0.494 e. The molecule has 4 N–H and O–H groups in total. The zero-order valence-electron chi connectivity index (χ0n) is 22.9. The quantitative estimate of drug-likeness (QED) is 0.328. The SMILES string of the molecule is C=C[C@]1(C)C[C@@H]([C@H](Oc2ccc3c(c2F)B(O)OC3)C(=O)O)[C@@]2(C)[C@H](C)CC[C@]3(CC(O)C(=O)[C@H]32)[C@@H](C)[C@@H]1O. The van der Waals surface area contributed by atoms with Gasteiger partial charge in [-0.05, 0) is 60.0 Å². The minimum atomic E-state index is -1.59. The second-order valence-corrected chi connectivity index (χ2v) is 12.8. The van der Waals surface area contributed by atoms with Gasteiger partial charge < -0.3 is 29.7 Å². The molecule has 0 radical (unpaired) electrons. The Morgan fingerprint density at radius 1 is 1.28 bits per heavy atom. The van der Waals surface area contributed by atoms with Crippen LogP contribution in [0.25, 0.3) is 0 Å². The van der Waals surface area contributed by atoms with E-state index in [0.29, 0.717) is 18.4 Å². The van der Waals surface area contributed by atoms with Crippen molar-refractivity contribution in [3.05, 3.63) is 36.2 Å². The first kappa shape index (κ1) is 28.3. The molecule has 1 aromatic carbocycles. The molecule has 0 aromatic heterocycles. The summed E-state index contributed by atoms with van der Waals surface area (Å²) in [4.78, 5) is 26.7. The fourth-order valence-corrected chi connectivity index (χ4v) is 8.69. The van der Waals surface area contributed by atoms with E-state index in [2.05, 4.69) is 6.58 Å². The number of aliphatic hydroxyl groups excluding tert-OH is 2. The standard InChI is InChI=1S/C29H38BFO8/c1-6-27(4)11-17(23(26(35)36)39-19-8-7-16-13-38-30(37)20(16)21(19)31)28(5)14(2)9-10-29(15(3)25(27)34)12-18(32)22(33)24(28)29/h6-8,14-15,17-18,23-25,32,34,37H,1,9-13H2,2-5H3,(H,35,36)/t14-,15+,17+,18?,23+,24+,25+,27-,28-,29+/m1/s1. The Hall–Kier alpha value is -2.27. The number of rotatable bonds is 5. The fraction of sp³-hybridized carbons (Fsp3) is 0.655. The number of Topliss-reactive ketones (excluding diaryl/α,β-unsaturated/α-hetero) is 1. The van der Waals surface area contributed by atoms with E-state index in [1.807, 2.05) is 27.7 Å². The molecule has 4 aliphatic rings. The van der Waals surface area contributed by atoms with Crippen molar-refractivity contribution < 1.29 is 43.7 Å². The van der Waals surface area contributed by atoms with Gasteiger partial charge in [0.25, 0.3) is 0 Å². The van der Waals surface area contributed by atoms with E-state index >= 15 is 4.39 Å². The summed E-state index contributed by atoms with van der Waals surface area (Å²) in [5.41, 5.74) is -2.27. The van der Waals surface area contributed by atoms with E-state index in [1.54, 1.807) is 6.08 Å². The van der Waals surface area contributed by atoms with Crippen LogP contribution >= 0.6 is 0 Å². The third kappa shape index (κ3) is 3.85. The Kier molecular flexibility index (Phi) is 6.81. The predicted octanol–water partition coefficient (Wildman–Crippen LogP) is 2.46. The van der Waals surface area contributed by atoms with Crippen molar-refractivity contribution in [3.63, 3.8) is 0 Å². The molecule has 212 valence electrons. The monoisotopic (exact) mass is 544 g/mol. The predicted molar refractivity (Wildman–Crippen MR) is 140 cm³/mol. The van der Waals surface area contributed by atoms with Gasteiger partial charge in [0.2, 0.25) is 0 Å². The molecule has 8 nitrogen and oxygen atoms in total. The first-order valence-corrected chi connectivity index (χ1v) is 13.8. The smallest absolute Gasteiger partial charge is 0.478 e. The number of aliphatic carboxylic acids is 1. The van der Waals surface area contributed by atoms with E-state index in [4.69, 9.17) is 9.39 Å². The van der Waals surface area contributed by atoms with Crippen LogP contribution < -0.4 is 10.2 Å². The minimum Gasteiger partial charge on any atom is -0.478 e. The molecule has 3 fully saturated rings. The van der Waals surface area contributed by atoms with Gasteiger partial charge in [0, 0.05) is 22.7 Å². The summed E-state index contributed by atoms with van der Waals surface area (Å²) in [6.45, 7) is 11.6. The lowest BCUT2D eigenvalue weighted by Gasteiger charge is -2.62. The average Bonchev–Trinajstić information content (AvgIpc) is 3.40. The van der Waals surface area contributed by atoms with Gasteiger partial charge in [-0.1, -0.05) is 39.8 Å². The minimum absolute atomic E-state index is 0.0240. The van der Waals surface area contributed by atoms with Gasteiger partial charge in [-0.2, -0.15) is 0 Å². The lowest BCUT2D eigenvalue weighted by molar-refractivity contribution is -0.193. The van der Waals surface area contributed by atoms with Crippen LogP contribution in [0.4, 0.5) is 4.39 Å².